The molecule has 0 atom stereocenters. The van der Waals surface area contributed by atoms with Gasteiger partial charge in [-0.3, -0.25) is 4.79 Å². The van der Waals surface area contributed by atoms with Crippen LogP contribution in [0, 0.1) is 3.57 Å². The summed E-state index contributed by atoms with van der Waals surface area (Å²) in [5.74, 6) is 0.307. The Labute approximate surface area is 152 Å². The van der Waals surface area contributed by atoms with Crippen molar-refractivity contribution in [2.24, 2.45) is 0 Å². The maximum absolute atomic E-state index is 12.1. The Morgan fingerprint density at radius 2 is 2.00 bits per heavy atom. The third kappa shape index (κ3) is 4.11. The number of carbonyl (C=O) groups is 1. The average Bonchev–Trinajstić information content (AvgIpc) is 2.99. The summed E-state index contributed by atoms with van der Waals surface area (Å²) in [4.78, 5) is 16.4. The number of amides is 1. The fourth-order valence-electron chi connectivity index (χ4n) is 2.05. The van der Waals surface area contributed by atoms with Crippen molar-refractivity contribution in [2.75, 3.05) is 5.32 Å². The minimum atomic E-state index is -0.194. The van der Waals surface area contributed by atoms with E-state index in [-0.39, 0.29) is 12.3 Å². The van der Waals surface area contributed by atoms with Crippen molar-refractivity contribution >= 4 is 45.8 Å². The highest BCUT2D eigenvalue weighted by Gasteiger charge is 2.12. The normalized spacial score (nSPS) is 10.5. The molecule has 0 saturated carbocycles. The summed E-state index contributed by atoms with van der Waals surface area (Å²) in [7, 11) is 0. The highest BCUT2D eigenvalue weighted by Crippen LogP contribution is 2.24. The lowest BCUT2D eigenvalue weighted by Crippen LogP contribution is -2.14. The lowest BCUT2D eigenvalue weighted by molar-refractivity contribution is -0.115. The lowest BCUT2D eigenvalue weighted by atomic mass is 10.2. The summed E-state index contributed by atoms with van der Waals surface area (Å²) in [5.41, 5.74) is 2.03. The van der Waals surface area contributed by atoms with Crippen LogP contribution >= 0.6 is 34.2 Å². The van der Waals surface area contributed by atoms with Gasteiger partial charge >= 0.3 is 0 Å². The average molecular weight is 439 g/mol. The number of hydrogen-bond donors (Lipinski definition) is 1. The van der Waals surface area contributed by atoms with E-state index in [0.29, 0.717) is 22.3 Å². The zero-order valence-electron chi connectivity index (χ0n) is 11.9. The summed E-state index contributed by atoms with van der Waals surface area (Å²) < 4.78 is 6.43. The van der Waals surface area contributed by atoms with E-state index < -0.39 is 0 Å². The molecule has 116 valence electrons. The van der Waals surface area contributed by atoms with Crippen LogP contribution in [0.15, 0.2) is 59.2 Å². The van der Waals surface area contributed by atoms with Crippen molar-refractivity contribution in [1.29, 1.82) is 0 Å². The zero-order valence-corrected chi connectivity index (χ0v) is 14.8. The Hall–Kier alpha value is -1.86. The smallest absolute Gasteiger partial charge is 0.230 e. The van der Waals surface area contributed by atoms with E-state index in [9.17, 15) is 4.79 Å². The van der Waals surface area contributed by atoms with Crippen LogP contribution in [-0.4, -0.2) is 10.9 Å². The molecule has 0 aliphatic carbocycles. The lowest BCUT2D eigenvalue weighted by Gasteiger charge is -2.06. The molecule has 23 heavy (non-hydrogen) atoms. The van der Waals surface area contributed by atoms with Crippen LogP contribution < -0.4 is 5.32 Å². The summed E-state index contributed by atoms with van der Waals surface area (Å²) >= 11 is 8.27. The Morgan fingerprint density at radius 1 is 1.22 bits per heavy atom. The van der Waals surface area contributed by atoms with Gasteiger partial charge in [-0.25, -0.2) is 4.98 Å². The second kappa shape index (κ2) is 7.14. The zero-order chi connectivity index (χ0) is 16.2. The fraction of sp³-hybridized carbons (Fsp3) is 0.0588. The summed E-state index contributed by atoms with van der Waals surface area (Å²) in [6.07, 6.45) is 1.62. The number of carbonyl (C=O) groups excluding carboxylic acids is 1. The Bertz CT molecular complexity index is 834. The largest absolute Gasteiger partial charge is 0.444 e. The van der Waals surface area contributed by atoms with Crippen LogP contribution in [0.2, 0.25) is 5.02 Å². The second-order valence-corrected chi connectivity index (χ2v) is 6.51. The summed E-state index contributed by atoms with van der Waals surface area (Å²) in [6.45, 7) is 0. The Morgan fingerprint density at radius 3 is 2.74 bits per heavy atom. The molecule has 4 nitrogen and oxygen atoms in total. The number of anilines is 1. The van der Waals surface area contributed by atoms with Crippen molar-refractivity contribution in [2.45, 2.75) is 6.42 Å². The molecule has 1 heterocycles. The van der Waals surface area contributed by atoms with Gasteiger partial charge in [-0.05, 0) is 52.9 Å². The standard InChI is InChI=1S/C17H12ClIN2O2/c18-14-8-12(19)6-7-15(14)21-16(22)9-13-10-23-17(20-13)11-4-2-1-3-5-11/h1-8,10H,9H2,(H,21,22). The van der Waals surface area contributed by atoms with Gasteiger partial charge < -0.3 is 9.73 Å². The maximum atomic E-state index is 12.1. The molecule has 1 aromatic heterocycles. The number of aromatic nitrogens is 1. The van der Waals surface area contributed by atoms with Crippen LogP contribution in [0.25, 0.3) is 11.5 Å². The van der Waals surface area contributed by atoms with Gasteiger partial charge in [0.2, 0.25) is 11.8 Å². The fourth-order valence-corrected chi connectivity index (χ4v) is 2.95. The molecule has 0 aliphatic heterocycles. The first-order chi connectivity index (χ1) is 11.1. The number of nitrogens with one attached hydrogen (secondary N) is 1. The molecule has 6 heteroatoms. The van der Waals surface area contributed by atoms with Gasteiger partial charge in [-0.1, -0.05) is 29.8 Å². The Kier molecular flexibility index (Phi) is 4.97. The van der Waals surface area contributed by atoms with Crippen molar-refractivity contribution in [3.8, 4) is 11.5 Å². The van der Waals surface area contributed by atoms with E-state index in [1.807, 2.05) is 36.4 Å². The van der Waals surface area contributed by atoms with Gasteiger partial charge in [0.25, 0.3) is 0 Å². The molecule has 0 bridgehead atoms. The van der Waals surface area contributed by atoms with E-state index in [0.717, 1.165) is 9.13 Å². The van der Waals surface area contributed by atoms with E-state index in [1.165, 1.54) is 6.26 Å². The first-order valence-electron chi connectivity index (χ1n) is 6.86. The van der Waals surface area contributed by atoms with Crippen molar-refractivity contribution < 1.29 is 9.21 Å². The molecular formula is C17H12ClIN2O2. The third-order valence-electron chi connectivity index (χ3n) is 3.12. The highest BCUT2D eigenvalue weighted by molar-refractivity contribution is 14.1. The second-order valence-electron chi connectivity index (χ2n) is 4.86. The quantitative estimate of drug-likeness (QED) is 0.597. The first kappa shape index (κ1) is 16.0. The van der Waals surface area contributed by atoms with Gasteiger partial charge in [0.1, 0.15) is 6.26 Å². The molecule has 0 radical (unpaired) electrons. The minimum absolute atomic E-state index is 0.124. The number of benzene rings is 2. The predicted molar refractivity (Wildman–Crippen MR) is 98.4 cm³/mol. The molecule has 1 N–H and O–H groups in total. The van der Waals surface area contributed by atoms with Gasteiger partial charge in [0.05, 0.1) is 22.8 Å². The SMILES string of the molecule is O=C(Cc1coc(-c2ccccc2)n1)Nc1ccc(I)cc1Cl. The molecule has 1 amide bonds. The monoisotopic (exact) mass is 438 g/mol. The molecule has 0 aliphatic rings. The van der Waals surface area contributed by atoms with Gasteiger partial charge in [-0.2, -0.15) is 0 Å². The number of hydrogen-bond acceptors (Lipinski definition) is 3. The number of rotatable bonds is 4. The van der Waals surface area contributed by atoms with E-state index >= 15 is 0 Å². The van der Waals surface area contributed by atoms with E-state index in [4.69, 9.17) is 16.0 Å². The number of halogens is 2. The van der Waals surface area contributed by atoms with Gasteiger partial charge in [0.15, 0.2) is 0 Å². The molecule has 0 unspecified atom stereocenters. The molecular weight excluding hydrogens is 427 g/mol. The van der Waals surface area contributed by atoms with E-state index in [1.54, 1.807) is 12.1 Å². The molecule has 3 aromatic rings. The minimum Gasteiger partial charge on any atom is -0.444 e. The van der Waals surface area contributed by atoms with Crippen LogP contribution in [0.5, 0.6) is 0 Å². The predicted octanol–water partition coefficient (Wildman–Crippen LogP) is 4.78. The Balaban J connectivity index is 1.68. The van der Waals surface area contributed by atoms with Crippen molar-refractivity contribution in [3.63, 3.8) is 0 Å². The topological polar surface area (TPSA) is 55.1 Å². The van der Waals surface area contributed by atoms with Crippen LogP contribution in [0.4, 0.5) is 5.69 Å². The van der Waals surface area contributed by atoms with Crippen LogP contribution in [0.3, 0.4) is 0 Å². The molecule has 0 spiro atoms. The summed E-state index contributed by atoms with van der Waals surface area (Å²) in [6, 6.07) is 15.0. The maximum Gasteiger partial charge on any atom is 0.230 e. The number of nitrogens with zero attached hydrogens (tertiary/aromatic N) is 1. The molecule has 2 aromatic carbocycles. The van der Waals surface area contributed by atoms with E-state index in [2.05, 4.69) is 32.9 Å². The molecule has 0 saturated heterocycles. The molecule has 3 rings (SSSR count). The van der Waals surface area contributed by atoms with Gasteiger partial charge in [0, 0.05) is 9.13 Å². The van der Waals surface area contributed by atoms with Gasteiger partial charge in [-0.15, -0.1) is 0 Å². The third-order valence-corrected chi connectivity index (χ3v) is 4.10. The van der Waals surface area contributed by atoms with Crippen molar-refractivity contribution in [1.82, 2.24) is 4.98 Å². The van der Waals surface area contributed by atoms with Crippen LogP contribution in [-0.2, 0) is 11.2 Å². The van der Waals surface area contributed by atoms with Crippen molar-refractivity contribution in [3.05, 3.63) is 69.1 Å². The first-order valence-corrected chi connectivity index (χ1v) is 8.32. The number of oxazole rings is 1. The highest BCUT2D eigenvalue weighted by atomic mass is 127. The molecule has 0 fully saturated rings. The summed E-state index contributed by atoms with van der Waals surface area (Å²) in [5, 5.41) is 3.29. The van der Waals surface area contributed by atoms with Crippen LogP contribution in [0.1, 0.15) is 5.69 Å².